The third kappa shape index (κ3) is 3.37. The highest BCUT2D eigenvalue weighted by atomic mass is 35.5. The van der Waals surface area contributed by atoms with Gasteiger partial charge in [-0.05, 0) is 25.2 Å². The molecule has 2 unspecified atom stereocenters. The molecular weight excluding hydrogens is 234 g/mol. The minimum atomic E-state index is 0.258. The van der Waals surface area contributed by atoms with Gasteiger partial charge in [-0.25, -0.2) is 0 Å². The van der Waals surface area contributed by atoms with Gasteiger partial charge in [0.25, 0.3) is 0 Å². The second-order valence-electron chi connectivity index (χ2n) is 5.75. The van der Waals surface area contributed by atoms with E-state index in [0.717, 1.165) is 32.4 Å². The number of hydrogen-bond acceptors (Lipinski definition) is 1. The number of alkyl halides is 1. The maximum Gasteiger partial charge on any atom is 0.225 e. The van der Waals surface area contributed by atoms with Gasteiger partial charge in [0.05, 0.1) is 0 Å². The van der Waals surface area contributed by atoms with Gasteiger partial charge in [0.15, 0.2) is 0 Å². The van der Waals surface area contributed by atoms with Gasteiger partial charge >= 0.3 is 0 Å². The summed E-state index contributed by atoms with van der Waals surface area (Å²) in [5.74, 6) is 1.15. The molecule has 0 aromatic heterocycles. The Morgan fingerprint density at radius 3 is 2.35 bits per heavy atom. The quantitative estimate of drug-likeness (QED) is 0.521. The van der Waals surface area contributed by atoms with Crippen molar-refractivity contribution in [1.82, 2.24) is 4.90 Å². The molecule has 1 amide bonds. The van der Waals surface area contributed by atoms with E-state index in [0.29, 0.717) is 17.7 Å². The summed E-state index contributed by atoms with van der Waals surface area (Å²) < 4.78 is 0. The number of nitrogens with zero attached hydrogens (tertiary/aromatic N) is 1. The highest BCUT2D eigenvalue weighted by Crippen LogP contribution is 2.28. The van der Waals surface area contributed by atoms with Crippen LogP contribution in [-0.4, -0.2) is 29.3 Å². The zero-order chi connectivity index (χ0) is 12.3. The van der Waals surface area contributed by atoms with Crippen LogP contribution in [0.1, 0.15) is 51.9 Å². The van der Waals surface area contributed by atoms with Crippen LogP contribution in [0.3, 0.4) is 0 Å². The fraction of sp³-hybridized carbons (Fsp3) is 0.929. The van der Waals surface area contributed by atoms with Crippen LogP contribution in [0.5, 0.6) is 0 Å². The monoisotopic (exact) mass is 257 g/mol. The van der Waals surface area contributed by atoms with Gasteiger partial charge < -0.3 is 4.90 Å². The molecule has 1 saturated heterocycles. The lowest BCUT2D eigenvalue weighted by Gasteiger charge is -2.36. The molecule has 17 heavy (non-hydrogen) atoms. The molecule has 0 radical (unpaired) electrons. The Kier molecular flexibility index (Phi) is 4.72. The highest BCUT2D eigenvalue weighted by Gasteiger charge is 2.31. The molecule has 2 fully saturated rings. The lowest BCUT2D eigenvalue weighted by molar-refractivity contribution is -0.137. The number of likely N-dealkylation sites (tertiary alicyclic amines) is 1. The standard InChI is InChI=1S/C14H24ClNO/c1-11-10-16(9-8-13(11)15)14(17)12-6-4-2-3-5-7-12/h11-13H,2-10H2,1H3. The minimum absolute atomic E-state index is 0.258. The molecule has 0 bridgehead atoms. The number of carbonyl (C=O) groups is 1. The summed E-state index contributed by atoms with van der Waals surface area (Å²) in [5, 5.41) is 0.258. The van der Waals surface area contributed by atoms with Crippen molar-refractivity contribution in [2.45, 2.75) is 57.2 Å². The first-order chi connectivity index (χ1) is 8.18. The summed E-state index contributed by atoms with van der Waals surface area (Å²) in [4.78, 5) is 14.5. The average Bonchev–Trinajstić information content (AvgIpc) is 2.60. The number of rotatable bonds is 1. The molecule has 1 saturated carbocycles. The SMILES string of the molecule is CC1CN(C(=O)C2CCCCCC2)CCC1Cl. The Morgan fingerprint density at radius 2 is 1.76 bits per heavy atom. The second kappa shape index (κ2) is 6.08. The van der Waals surface area contributed by atoms with Crippen molar-refractivity contribution in [1.29, 1.82) is 0 Å². The predicted molar refractivity (Wildman–Crippen MR) is 71.2 cm³/mol. The van der Waals surface area contributed by atoms with Crippen LogP contribution in [0.2, 0.25) is 0 Å². The number of piperidine rings is 1. The van der Waals surface area contributed by atoms with Gasteiger partial charge in [-0.15, -0.1) is 11.6 Å². The van der Waals surface area contributed by atoms with Crippen molar-refractivity contribution in [2.75, 3.05) is 13.1 Å². The Hall–Kier alpha value is -0.240. The lowest BCUT2D eigenvalue weighted by Crippen LogP contribution is -2.45. The van der Waals surface area contributed by atoms with Crippen molar-refractivity contribution in [3.05, 3.63) is 0 Å². The molecule has 1 heterocycles. The predicted octanol–water partition coefficient (Wildman–Crippen LogP) is 3.43. The maximum atomic E-state index is 12.4. The Bertz CT molecular complexity index is 261. The zero-order valence-corrected chi connectivity index (χ0v) is 11.6. The maximum absolute atomic E-state index is 12.4. The minimum Gasteiger partial charge on any atom is -0.342 e. The van der Waals surface area contributed by atoms with Crippen molar-refractivity contribution in [2.24, 2.45) is 11.8 Å². The number of carbonyl (C=O) groups excluding carboxylic acids is 1. The Morgan fingerprint density at radius 1 is 1.12 bits per heavy atom. The lowest BCUT2D eigenvalue weighted by atomic mass is 9.94. The molecule has 0 aromatic carbocycles. The van der Waals surface area contributed by atoms with E-state index < -0.39 is 0 Å². The smallest absolute Gasteiger partial charge is 0.225 e. The molecule has 2 nitrogen and oxygen atoms in total. The second-order valence-corrected chi connectivity index (χ2v) is 6.32. The van der Waals surface area contributed by atoms with E-state index in [1.807, 2.05) is 0 Å². The average molecular weight is 258 g/mol. The normalized spacial score (nSPS) is 32.2. The van der Waals surface area contributed by atoms with Crippen LogP contribution in [0, 0.1) is 11.8 Å². The summed E-state index contributed by atoms with van der Waals surface area (Å²) in [7, 11) is 0. The Balaban J connectivity index is 1.90. The van der Waals surface area contributed by atoms with Crippen LogP contribution in [0.25, 0.3) is 0 Å². The van der Waals surface area contributed by atoms with Gasteiger partial charge in [0.1, 0.15) is 0 Å². The van der Waals surface area contributed by atoms with E-state index in [9.17, 15) is 4.79 Å². The van der Waals surface area contributed by atoms with Crippen molar-refractivity contribution in [3.63, 3.8) is 0 Å². The molecule has 0 N–H and O–H groups in total. The van der Waals surface area contributed by atoms with Crippen LogP contribution in [0.15, 0.2) is 0 Å². The number of halogens is 1. The van der Waals surface area contributed by atoms with Gasteiger partial charge in [-0.3, -0.25) is 4.79 Å². The van der Waals surface area contributed by atoms with Crippen molar-refractivity contribution in [3.8, 4) is 0 Å². The van der Waals surface area contributed by atoms with Crippen molar-refractivity contribution < 1.29 is 4.79 Å². The van der Waals surface area contributed by atoms with E-state index in [1.165, 1.54) is 25.7 Å². The molecule has 2 aliphatic rings. The van der Waals surface area contributed by atoms with Gasteiger partial charge in [0.2, 0.25) is 5.91 Å². The largest absolute Gasteiger partial charge is 0.342 e. The van der Waals surface area contributed by atoms with Crippen LogP contribution in [-0.2, 0) is 4.79 Å². The summed E-state index contributed by atoms with van der Waals surface area (Å²) in [6, 6.07) is 0. The molecule has 2 atom stereocenters. The molecular formula is C14H24ClNO. The van der Waals surface area contributed by atoms with Gasteiger partial charge in [-0.1, -0.05) is 32.6 Å². The molecule has 2 rings (SSSR count). The fourth-order valence-corrected chi connectivity index (χ4v) is 3.28. The van der Waals surface area contributed by atoms with Crippen LogP contribution < -0.4 is 0 Å². The van der Waals surface area contributed by atoms with Crippen LogP contribution in [0.4, 0.5) is 0 Å². The molecule has 98 valence electrons. The summed E-state index contributed by atoms with van der Waals surface area (Å²) in [6.45, 7) is 3.89. The first-order valence-electron chi connectivity index (χ1n) is 7.11. The molecule has 0 aromatic rings. The third-order valence-corrected chi connectivity index (χ3v) is 4.97. The number of hydrogen-bond donors (Lipinski definition) is 0. The van der Waals surface area contributed by atoms with Crippen LogP contribution >= 0.6 is 11.6 Å². The van der Waals surface area contributed by atoms with E-state index in [-0.39, 0.29) is 5.38 Å². The summed E-state index contributed by atoms with van der Waals surface area (Å²) >= 11 is 6.21. The van der Waals surface area contributed by atoms with Gasteiger partial charge in [-0.2, -0.15) is 0 Å². The third-order valence-electron chi connectivity index (χ3n) is 4.32. The summed E-state index contributed by atoms with van der Waals surface area (Å²) in [6.07, 6.45) is 8.26. The number of amides is 1. The van der Waals surface area contributed by atoms with Crippen molar-refractivity contribution >= 4 is 17.5 Å². The molecule has 3 heteroatoms. The van der Waals surface area contributed by atoms with E-state index in [1.54, 1.807) is 0 Å². The molecule has 0 spiro atoms. The van der Waals surface area contributed by atoms with E-state index >= 15 is 0 Å². The van der Waals surface area contributed by atoms with E-state index in [4.69, 9.17) is 11.6 Å². The first-order valence-corrected chi connectivity index (χ1v) is 7.55. The van der Waals surface area contributed by atoms with Gasteiger partial charge in [0, 0.05) is 24.4 Å². The summed E-state index contributed by atoms with van der Waals surface area (Å²) in [5.41, 5.74) is 0. The molecule has 1 aliphatic carbocycles. The Labute approximate surface area is 110 Å². The highest BCUT2D eigenvalue weighted by molar-refractivity contribution is 6.20. The fourth-order valence-electron chi connectivity index (χ4n) is 3.10. The molecule has 1 aliphatic heterocycles. The zero-order valence-electron chi connectivity index (χ0n) is 10.8. The first kappa shape index (κ1) is 13.2. The topological polar surface area (TPSA) is 20.3 Å². The van der Waals surface area contributed by atoms with E-state index in [2.05, 4.69) is 11.8 Å².